The van der Waals surface area contributed by atoms with E-state index in [0.29, 0.717) is 5.69 Å². The van der Waals surface area contributed by atoms with Crippen LogP contribution in [-0.4, -0.2) is 18.0 Å². The molecule has 0 bridgehead atoms. The number of anilines is 1. The second-order valence-corrected chi connectivity index (χ2v) is 6.42. The summed E-state index contributed by atoms with van der Waals surface area (Å²) in [6.45, 7) is 9.42. The largest absolute Gasteiger partial charge is 0.444 e. The zero-order valence-electron chi connectivity index (χ0n) is 13.5. The first-order valence-corrected chi connectivity index (χ1v) is 7.26. The van der Waals surface area contributed by atoms with Crippen LogP contribution in [0.25, 0.3) is 0 Å². The van der Waals surface area contributed by atoms with Crippen LogP contribution in [0.4, 0.5) is 10.5 Å². The number of benzene rings is 1. The second kappa shape index (κ2) is 7.25. The molecule has 0 fully saturated rings. The van der Waals surface area contributed by atoms with Crippen LogP contribution in [0.1, 0.15) is 45.2 Å². The number of hydrogen-bond acceptors (Lipinski definition) is 3. The summed E-state index contributed by atoms with van der Waals surface area (Å²) in [5.41, 5.74) is 2.49. The zero-order chi connectivity index (χ0) is 16.0. The molecule has 116 valence electrons. The number of carbonyl (C=O) groups excluding carboxylic acids is 2. The van der Waals surface area contributed by atoms with Crippen molar-refractivity contribution < 1.29 is 14.3 Å². The van der Waals surface area contributed by atoms with Crippen molar-refractivity contribution in [2.75, 3.05) is 5.32 Å². The molecule has 0 spiro atoms. The average Bonchev–Trinajstić information content (AvgIpc) is 2.36. The van der Waals surface area contributed by atoms with Gasteiger partial charge in [-0.25, -0.2) is 4.79 Å². The van der Waals surface area contributed by atoms with E-state index in [0.717, 1.165) is 30.3 Å². The molecule has 0 heterocycles. The molecular formula is C17H25NO3. The van der Waals surface area contributed by atoms with Gasteiger partial charge >= 0.3 is 6.09 Å². The van der Waals surface area contributed by atoms with Gasteiger partial charge in [0.05, 0.1) is 0 Å². The maximum atomic E-state index is 11.8. The minimum atomic E-state index is -0.517. The molecule has 0 radical (unpaired) electrons. The lowest BCUT2D eigenvalue weighted by Gasteiger charge is -2.20. The van der Waals surface area contributed by atoms with E-state index >= 15 is 0 Å². The van der Waals surface area contributed by atoms with Crippen molar-refractivity contribution in [1.29, 1.82) is 0 Å². The fraction of sp³-hybridized carbons (Fsp3) is 0.529. The molecule has 0 aliphatic carbocycles. The Balaban J connectivity index is 2.72. The molecule has 4 nitrogen and oxygen atoms in total. The quantitative estimate of drug-likeness (QED) is 0.831. The van der Waals surface area contributed by atoms with Crippen LogP contribution >= 0.6 is 0 Å². The fourth-order valence-electron chi connectivity index (χ4n) is 1.89. The van der Waals surface area contributed by atoms with Crippen LogP contribution in [0.2, 0.25) is 0 Å². The molecule has 1 amide bonds. The normalized spacial score (nSPS) is 12.6. The van der Waals surface area contributed by atoms with Gasteiger partial charge in [-0.2, -0.15) is 0 Å². The molecule has 4 heteroatoms. The molecule has 1 atom stereocenters. The first kappa shape index (κ1) is 17.2. The first-order valence-electron chi connectivity index (χ1n) is 7.26. The number of aldehydes is 1. The third-order valence-electron chi connectivity index (χ3n) is 3.10. The first-order chi connectivity index (χ1) is 9.71. The SMILES string of the molecule is Cc1ccc(NC(=O)OC(C)(C)C)cc1CCC(C)C=O. The number of rotatable bonds is 5. The zero-order valence-corrected chi connectivity index (χ0v) is 13.5. The van der Waals surface area contributed by atoms with Gasteiger partial charge in [0.15, 0.2) is 0 Å². The summed E-state index contributed by atoms with van der Waals surface area (Å²) in [7, 11) is 0. The molecule has 1 unspecified atom stereocenters. The van der Waals surface area contributed by atoms with Crippen molar-refractivity contribution in [1.82, 2.24) is 0 Å². The van der Waals surface area contributed by atoms with Crippen molar-refractivity contribution in [3.8, 4) is 0 Å². The van der Waals surface area contributed by atoms with E-state index < -0.39 is 11.7 Å². The number of ether oxygens (including phenoxy) is 1. The maximum absolute atomic E-state index is 11.8. The Hall–Kier alpha value is -1.84. The third kappa shape index (κ3) is 6.43. The van der Waals surface area contributed by atoms with Gasteiger partial charge in [-0.1, -0.05) is 13.0 Å². The van der Waals surface area contributed by atoms with Gasteiger partial charge in [-0.15, -0.1) is 0 Å². The molecular weight excluding hydrogens is 266 g/mol. The second-order valence-electron chi connectivity index (χ2n) is 6.42. The lowest BCUT2D eigenvalue weighted by molar-refractivity contribution is -0.110. The number of aryl methyl sites for hydroxylation is 2. The van der Waals surface area contributed by atoms with Crippen LogP contribution < -0.4 is 5.32 Å². The molecule has 1 N–H and O–H groups in total. The topological polar surface area (TPSA) is 55.4 Å². The Labute approximate surface area is 126 Å². The predicted octanol–water partition coefficient (Wildman–Crippen LogP) is 4.11. The smallest absolute Gasteiger partial charge is 0.412 e. The number of hydrogen-bond donors (Lipinski definition) is 1. The Morgan fingerprint density at radius 1 is 1.38 bits per heavy atom. The van der Waals surface area contributed by atoms with Gasteiger partial charge in [0.1, 0.15) is 11.9 Å². The van der Waals surface area contributed by atoms with Crippen LogP contribution in [0.15, 0.2) is 18.2 Å². The molecule has 0 saturated heterocycles. The van der Waals surface area contributed by atoms with E-state index in [2.05, 4.69) is 5.32 Å². The minimum absolute atomic E-state index is 0.0480. The molecule has 0 saturated carbocycles. The standard InChI is InChI=1S/C17H25NO3/c1-12(11-19)6-8-14-10-15(9-7-13(14)2)18-16(20)21-17(3,4)5/h7,9-12H,6,8H2,1-5H3,(H,18,20). The summed E-state index contributed by atoms with van der Waals surface area (Å²) in [4.78, 5) is 22.4. The van der Waals surface area contributed by atoms with E-state index in [4.69, 9.17) is 4.74 Å². The van der Waals surface area contributed by atoms with Crippen LogP contribution in [0.5, 0.6) is 0 Å². The highest BCUT2D eigenvalue weighted by Gasteiger charge is 2.16. The van der Waals surface area contributed by atoms with Crippen molar-refractivity contribution in [3.05, 3.63) is 29.3 Å². The summed E-state index contributed by atoms with van der Waals surface area (Å²) < 4.78 is 5.23. The fourth-order valence-corrected chi connectivity index (χ4v) is 1.89. The Kier molecular flexibility index (Phi) is 5.94. The van der Waals surface area contributed by atoms with Gasteiger partial charge in [0.2, 0.25) is 0 Å². The number of carbonyl (C=O) groups is 2. The summed E-state index contributed by atoms with van der Waals surface area (Å²) in [5, 5.41) is 2.74. The monoisotopic (exact) mass is 291 g/mol. The number of amides is 1. The summed E-state index contributed by atoms with van der Waals surface area (Å²) in [6, 6.07) is 5.76. The van der Waals surface area contributed by atoms with Crippen molar-refractivity contribution in [2.45, 2.75) is 53.1 Å². The van der Waals surface area contributed by atoms with E-state index in [1.807, 2.05) is 52.8 Å². The third-order valence-corrected chi connectivity index (χ3v) is 3.10. The van der Waals surface area contributed by atoms with E-state index in [9.17, 15) is 9.59 Å². The molecule has 1 rings (SSSR count). The highest BCUT2D eigenvalue weighted by Crippen LogP contribution is 2.19. The predicted molar refractivity (Wildman–Crippen MR) is 84.6 cm³/mol. The van der Waals surface area contributed by atoms with E-state index in [1.165, 1.54) is 0 Å². The molecule has 1 aromatic carbocycles. The van der Waals surface area contributed by atoms with E-state index in [1.54, 1.807) is 0 Å². The summed E-state index contributed by atoms with van der Waals surface area (Å²) in [6.07, 6.45) is 2.13. The van der Waals surface area contributed by atoms with Crippen LogP contribution in [-0.2, 0) is 16.0 Å². The molecule has 0 aliphatic rings. The Morgan fingerprint density at radius 3 is 2.62 bits per heavy atom. The van der Waals surface area contributed by atoms with Crippen molar-refractivity contribution in [3.63, 3.8) is 0 Å². The minimum Gasteiger partial charge on any atom is -0.444 e. The van der Waals surface area contributed by atoms with Crippen LogP contribution in [0.3, 0.4) is 0 Å². The average molecular weight is 291 g/mol. The highest BCUT2D eigenvalue weighted by atomic mass is 16.6. The van der Waals surface area contributed by atoms with E-state index in [-0.39, 0.29) is 5.92 Å². The maximum Gasteiger partial charge on any atom is 0.412 e. The summed E-state index contributed by atoms with van der Waals surface area (Å²) in [5.74, 6) is 0.0480. The van der Waals surface area contributed by atoms with Gasteiger partial charge < -0.3 is 9.53 Å². The van der Waals surface area contributed by atoms with Crippen LogP contribution in [0, 0.1) is 12.8 Å². The summed E-state index contributed by atoms with van der Waals surface area (Å²) >= 11 is 0. The van der Waals surface area contributed by atoms with Crippen molar-refractivity contribution >= 4 is 18.1 Å². The molecule has 0 aliphatic heterocycles. The molecule has 1 aromatic rings. The number of nitrogens with one attached hydrogen (secondary N) is 1. The van der Waals surface area contributed by atoms with Gasteiger partial charge in [0.25, 0.3) is 0 Å². The van der Waals surface area contributed by atoms with Crippen molar-refractivity contribution in [2.24, 2.45) is 5.92 Å². The Morgan fingerprint density at radius 2 is 2.05 bits per heavy atom. The Bertz CT molecular complexity index is 503. The lowest BCUT2D eigenvalue weighted by atomic mass is 9.98. The molecule has 21 heavy (non-hydrogen) atoms. The lowest BCUT2D eigenvalue weighted by Crippen LogP contribution is -2.27. The van der Waals surface area contributed by atoms with Gasteiger partial charge in [0, 0.05) is 11.6 Å². The highest BCUT2D eigenvalue weighted by molar-refractivity contribution is 5.85. The van der Waals surface area contributed by atoms with Gasteiger partial charge in [-0.05, 0) is 63.8 Å². The molecule has 0 aromatic heterocycles. The van der Waals surface area contributed by atoms with Gasteiger partial charge in [-0.3, -0.25) is 5.32 Å².